The highest BCUT2D eigenvalue weighted by atomic mass is 32.2. The van der Waals surface area contributed by atoms with Gasteiger partial charge >= 0.3 is 11.7 Å². The van der Waals surface area contributed by atoms with E-state index in [-0.39, 0.29) is 11.7 Å². The highest BCUT2D eigenvalue weighted by Gasteiger charge is 2.18. The van der Waals surface area contributed by atoms with Crippen molar-refractivity contribution in [1.82, 2.24) is 19.1 Å². The molecule has 0 saturated heterocycles. The Hall–Kier alpha value is -2.03. The molecule has 0 saturated carbocycles. The van der Waals surface area contributed by atoms with Gasteiger partial charge in [0.25, 0.3) is 5.56 Å². The third-order valence-electron chi connectivity index (χ3n) is 5.33. The molecule has 0 unspecified atom stereocenters. The second kappa shape index (κ2) is 13.4. The van der Waals surface area contributed by atoms with Crippen LogP contribution in [0.4, 0.5) is 0 Å². The number of H-pyrrole nitrogens is 1. The molecule has 31 heavy (non-hydrogen) atoms. The van der Waals surface area contributed by atoms with E-state index in [0.29, 0.717) is 29.5 Å². The van der Waals surface area contributed by atoms with Gasteiger partial charge in [0.1, 0.15) is 0 Å². The lowest BCUT2D eigenvalue weighted by molar-refractivity contribution is -0.139. The average molecular weight is 453 g/mol. The smallest absolute Gasteiger partial charge is 0.329 e. The first-order valence-corrected chi connectivity index (χ1v) is 12.5. The summed E-state index contributed by atoms with van der Waals surface area (Å²) in [6, 6.07) is 0. The van der Waals surface area contributed by atoms with E-state index >= 15 is 0 Å². The molecule has 0 aliphatic heterocycles. The summed E-state index contributed by atoms with van der Waals surface area (Å²) in [6.45, 7) is 4.94. The van der Waals surface area contributed by atoms with E-state index in [4.69, 9.17) is 4.74 Å². The first kappa shape index (κ1) is 25.2. The second-order valence-corrected chi connectivity index (χ2v) is 8.75. The summed E-state index contributed by atoms with van der Waals surface area (Å²) in [6.07, 6.45) is 12.3. The van der Waals surface area contributed by atoms with Crippen molar-refractivity contribution >= 4 is 28.9 Å². The topological polar surface area (TPSA) is 99.0 Å². The number of carbonyl (C=O) groups excluding carboxylic acids is 1. The molecule has 9 heteroatoms. The van der Waals surface area contributed by atoms with Gasteiger partial charge in [0.05, 0.1) is 12.4 Å². The molecule has 2 rings (SSSR count). The normalized spacial score (nSPS) is 11.3. The molecular weight excluding hydrogens is 416 g/mol. The van der Waals surface area contributed by atoms with Crippen molar-refractivity contribution < 1.29 is 9.53 Å². The van der Waals surface area contributed by atoms with Gasteiger partial charge in [-0.2, -0.15) is 0 Å². The summed E-state index contributed by atoms with van der Waals surface area (Å²) >= 11 is 1.23. The Bertz CT molecular complexity index is 947. The SMILES string of the molecule is CCCCCCCCCCCCn1c(SCC(=O)OCC)nc2c1c(=O)[nH]c(=O)n2C. The molecule has 0 bridgehead atoms. The van der Waals surface area contributed by atoms with Crippen LogP contribution in [0.3, 0.4) is 0 Å². The van der Waals surface area contributed by atoms with Gasteiger partial charge in [-0.1, -0.05) is 76.5 Å². The van der Waals surface area contributed by atoms with Crippen molar-refractivity contribution in [2.24, 2.45) is 7.05 Å². The minimum atomic E-state index is -0.497. The number of ether oxygens (including phenoxy) is 1. The zero-order valence-corrected chi connectivity index (χ0v) is 19.9. The predicted molar refractivity (Wildman–Crippen MR) is 125 cm³/mol. The number of nitrogens with one attached hydrogen (secondary N) is 1. The number of hydrogen-bond donors (Lipinski definition) is 1. The lowest BCUT2D eigenvalue weighted by Gasteiger charge is -2.08. The van der Waals surface area contributed by atoms with Gasteiger partial charge < -0.3 is 9.30 Å². The van der Waals surface area contributed by atoms with Gasteiger partial charge in [0, 0.05) is 13.6 Å². The molecule has 0 atom stereocenters. The van der Waals surface area contributed by atoms with Gasteiger partial charge in [0.2, 0.25) is 0 Å². The van der Waals surface area contributed by atoms with E-state index in [0.717, 1.165) is 12.8 Å². The average Bonchev–Trinajstić information content (AvgIpc) is 3.11. The number of unbranched alkanes of at least 4 members (excludes halogenated alkanes) is 9. The van der Waals surface area contributed by atoms with Gasteiger partial charge in [-0.3, -0.25) is 19.1 Å². The van der Waals surface area contributed by atoms with Crippen molar-refractivity contribution in [2.45, 2.75) is 89.8 Å². The molecule has 0 fully saturated rings. The van der Waals surface area contributed by atoms with Crippen LogP contribution in [0.5, 0.6) is 0 Å². The van der Waals surface area contributed by atoms with Crippen molar-refractivity contribution in [3.8, 4) is 0 Å². The van der Waals surface area contributed by atoms with Crippen LogP contribution in [0.25, 0.3) is 11.2 Å². The Balaban J connectivity index is 1.99. The van der Waals surface area contributed by atoms with Crippen LogP contribution in [0.2, 0.25) is 0 Å². The summed E-state index contributed by atoms with van der Waals surface area (Å²) in [5.74, 6) is -0.214. The van der Waals surface area contributed by atoms with Gasteiger partial charge in [0.15, 0.2) is 16.3 Å². The fourth-order valence-corrected chi connectivity index (χ4v) is 4.44. The maximum absolute atomic E-state index is 12.5. The highest BCUT2D eigenvalue weighted by Crippen LogP contribution is 2.23. The number of aromatic nitrogens is 4. The van der Waals surface area contributed by atoms with Gasteiger partial charge in [-0.05, 0) is 13.3 Å². The zero-order valence-electron chi connectivity index (χ0n) is 19.1. The molecule has 0 amide bonds. The number of imidazole rings is 1. The minimum Gasteiger partial charge on any atom is -0.465 e. The first-order chi connectivity index (χ1) is 15.0. The standard InChI is InChI=1S/C22H36N4O4S/c1-4-6-7-8-9-10-11-12-13-14-15-26-18-19(25(3)21(29)24-20(18)28)23-22(26)31-16-17(27)30-5-2/h4-16H2,1-3H3,(H,24,28,29). The van der Waals surface area contributed by atoms with Crippen molar-refractivity contribution in [3.63, 3.8) is 0 Å². The monoisotopic (exact) mass is 452 g/mol. The first-order valence-electron chi connectivity index (χ1n) is 11.5. The Kier molecular flexibility index (Phi) is 10.9. The fourth-order valence-electron chi connectivity index (χ4n) is 3.62. The lowest BCUT2D eigenvalue weighted by atomic mass is 10.1. The van der Waals surface area contributed by atoms with Crippen molar-refractivity contribution in [1.29, 1.82) is 0 Å². The Morgan fingerprint density at radius 2 is 1.61 bits per heavy atom. The van der Waals surface area contributed by atoms with Crippen LogP contribution in [-0.4, -0.2) is 37.4 Å². The Morgan fingerprint density at radius 1 is 1.00 bits per heavy atom. The molecular formula is C22H36N4O4S. The number of aromatic amines is 1. The molecule has 2 heterocycles. The summed E-state index contributed by atoms with van der Waals surface area (Å²) in [7, 11) is 1.58. The van der Waals surface area contributed by atoms with Crippen LogP contribution in [0.15, 0.2) is 14.7 Å². The quantitative estimate of drug-likeness (QED) is 0.249. The number of thioether (sulfide) groups is 1. The maximum atomic E-state index is 12.5. The second-order valence-electron chi connectivity index (χ2n) is 7.81. The van der Waals surface area contributed by atoms with Crippen LogP contribution < -0.4 is 11.2 Å². The molecule has 0 radical (unpaired) electrons. The van der Waals surface area contributed by atoms with E-state index in [1.54, 1.807) is 14.0 Å². The Morgan fingerprint density at radius 3 is 2.23 bits per heavy atom. The molecule has 0 aliphatic carbocycles. The van der Waals surface area contributed by atoms with Crippen LogP contribution in [0.1, 0.15) is 78.1 Å². The summed E-state index contributed by atoms with van der Waals surface area (Å²) < 4.78 is 8.16. The van der Waals surface area contributed by atoms with Gasteiger partial charge in [-0.15, -0.1) is 0 Å². The van der Waals surface area contributed by atoms with Gasteiger partial charge in [-0.25, -0.2) is 9.78 Å². The third kappa shape index (κ3) is 7.55. The Labute approximate surface area is 187 Å². The number of rotatable bonds is 15. The molecule has 8 nitrogen and oxygen atoms in total. The van der Waals surface area contributed by atoms with Crippen molar-refractivity contribution in [3.05, 3.63) is 20.8 Å². The van der Waals surface area contributed by atoms with Crippen molar-refractivity contribution in [2.75, 3.05) is 12.4 Å². The third-order valence-corrected chi connectivity index (χ3v) is 6.28. The molecule has 174 valence electrons. The summed E-state index contributed by atoms with van der Waals surface area (Å²) in [4.78, 5) is 43.0. The number of hydrogen-bond acceptors (Lipinski definition) is 6. The van der Waals surface area contributed by atoms with Crippen LogP contribution in [-0.2, 0) is 23.1 Å². The number of nitrogens with zero attached hydrogens (tertiary/aromatic N) is 3. The molecule has 0 aromatic carbocycles. The van der Waals surface area contributed by atoms with E-state index in [1.165, 1.54) is 67.7 Å². The number of fused-ring (bicyclic) bond motifs is 1. The van der Waals surface area contributed by atoms with E-state index in [2.05, 4.69) is 16.9 Å². The van der Waals surface area contributed by atoms with E-state index in [9.17, 15) is 14.4 Å². The number of aryl methyl sites for hydroxylation is 2. The molecule has 1 N–H and O–H groups in total. The van der Waals surface area contributed by atoms with E-state index in [1.807, 2.05) is 4.57 Å². The molecule has 2 aromatic rings. The van der Waals surface area contributed by atoms with Crippen LogP contribution in [0, 0.1) is 0 Å². The lowest BCUT2D eigenvalue weighted by Crippen LogP contribution is -2.29. The number of esters is 1. The molecule has 2 aromatic heterocycles. The predicted octanol–water partition coefficient (Wildman–Crippen LogP) is 4.00. The fraction of sp³-hybridized carbons (Fsp3) is 0.727. The maximum Gasteiger partial charge on any atom is 0.329 e. The number of carbonyl (C=O) groups is 1. The zero-order chi connectivity index (χ0) is 22.6. The highest BCUT2D eigenvalue weighted by molar-refractivity contribution is 7.99. The summed E-state index contributed by atoms with van der Waals surface area (Å²) in [5.41, 5.74) is -0.222. The minimum absolute atomic E-state index is 0.112. The largest absolute Gasteiger partial charge is 0.465 e. The van der Waals surface area contributed by atoms with Crippen LogP contribution >= 0.6 is 11.8 Å². The molecule has 0 aliphatic rings. The molecule has 0 spiro atoms. The summed E-state index contributed by atoms with van der Waals surface area (Å²) in [5, 5.41) is 0.561. The van der Waals surface area contributed by atoms with E-state index < -0.39 is 11.2 Å².